The quantitative estimate of drug-likeness (QED) is 0.620. The third kappa shape index (κ3) is 1.88. The lowest BCUT2D eigenvalue weighted by Crippen LogP contribution is -1.98. The third-order valence-corrected chi connectivity index (χ3v) is 2.00. The van der Waals surface area contributed by atoms with Crippen molar-refractivity contribution in [1.29, 1.82) is 0 Å². The molecule has 12 heavy (non-hydrogen) atoms. The zero-order valence-electron chi connectivity index (χ0n) is 8.31. The Bertz CT molecular complexity index is 219. The summed E-state index contributed by atoms with van der Waals surface area (Å²) in [6.45, 7) is 8.62. The van der Waals surface area contributed by atoms with Crippen molar-refractivity contribution in [3.8, 4) is 0 Å². The second-order valence-corrected chi connectivity index (χ2v) is 3.55. The molecule has 0 nitrogen and oxygen atoms in total. The van der Waals surface area contributed by atoms with Crippen molar-refractivity contribution in [2.45, 2.75) is 27.7 Å². The smallest absolute Gasteiger partial charge is 0.000900 e. The zero-order valence-corrected chi connectivity index (χ0v) is 8.31. The fourth-order valence-electron chi connectivity index (χ4n) is 1.36. The van der Waals surface area contributed by atoms with Crippen LogP contribution in [-0.4, -0.2) is 0 Å². The van der Waals surface area contributed by atoms with Crippen molar-refractivity contribution in [1.82, 2.24) is 0 Å². The molecule has 0 aliphatic rings. The summed E-state index contributed by atoms with van der Waals surface area (Å²) in [6, 6.07) is 8.54. The largest absolute Gasteiger partial charge is 0.0620 e. The molecule has 0 aliphatic heterocycles. The maximum Gasteiger partial charge on any atom is -0.000900 e. The van der Waals surface area contributed by atoms with Crippen LogP contribution in [0.5, 0.6) is 0 Å². The van der Waals surface area contributed by atoms with Crippen LogP contribution in [0.1, 0.15) is 38.8 Å². The molecule has 0 N–H and O–H groups in total. The van der Waals surface area contributed by atoms with E-state index in [1.807, 2.05) is 0 Å². The van der Waals surface area contributed by atoms with E-state index >= 15 is 0 Å². The van der Waals surface area contributed by atoms with E-state index in [0.717, 1.165) is 0 Å². The molecule has 0 aliphatic carbocycles. The van der Waals surface area contributed by atoms with Gasteiger partial charge >= 0.3 is 0 Å². The van der Waals surface area contributed by atoms with Crippen molar-refractivity contribution >= 4 is 0 Å². The van der Waals surface area contributed by atoms with Gasteiger partial charge in [0.1, 0.15) is 0 Å². The Kier molecular flexibility index (Phi) is 2.91. The van der Waals surface area contributed by atoms with Crippen LogP contribution >= 0.6 is 0 Å². The molecule has 1 aromatic carbocycles. The second kappa shape index (κ2) is 3.75. The van der Waals surface area contributed by atoms with E-state index in [1.165, 1.54) is 23.0 Å². The molecule has 1 rings (SSSR count). The first-order valence-corrected chi connectivity index (χ1v) is 4.33. The van der Waals surface area contributed by atoms with E-state index in [-0.39, 0.29) is 0 Å². The Hall–Kier alpha value is -0.780. The summed E-state index contributed by atoms with van der Waals surface area (Å²) in [5.74, 6) is 2.76. The Morgan fingerprint density at radius 1 is 0.750 bits per heavy atom. The molecule has 1 aromatic rings. The summed E-state index contributed by atoms with van der Waals surface area (Å²) in [5.41, 5.74) is 2.75. The Balaban J connectivity index is 3.09. The first kappa shape index (κ1) is 9.31. The van der Waals surface area contributed by atoms with Crippen LogP contribution in [0.4, 0.5) is 0 Å². The van der Waals surface area contributed by atoms with Gasteiger partial charge in [-0.25, -0.2) is 0 Å². The normalized spacial score (nSPS) is 11.2. The molecule has 0 aromatic heterocycles. The van der Waals surface area contributed by atoms with Gasteiger partial charge in [-0.3, -0.25) is 0 Å². The molecule has 0 amide bonds. The Labute approximate surface area is 75.6 Å². The fourth-order valence-corrected chi connectivity index (χ4v) is 1.36. The van der Waals surface area contributed by atoms with Crippen LogP contribution in [0.25, 0.3) is 0 Å². The summed E-state index contributed by atoms with van der Waals surface area (Å²) in [4.78, 5) is 0. The lowest BCUT2D eigenvalue weighted by molar-refractivity contribution is 1.06. The van der Waals surface area contributed by atoms with Gasteiger partial charge in [0.05, 0.1) is 0 Å². The summed E-state index contributed by atoms with van der Waals surface area (Å²) < 4.78 is 0. The van der Waals surface area contributed by atoms with Gasteiger partial charge in [-0.15, -0.1) is 0 Å². The van der Waals surface area contributed by atoms with Crippen molar-refractivity contribution in [3.05, 3.63) is 47.2 Å². The third-order valence-electron chi connectivity index (χ3n) is 2.00. The van der Waals surface area contributed by atoms with Crippen molar-refractivity contribution in [2.24, 2.45) is 0 Å². The van der Waals surface area contributed by atoms with Gasteiger partial charge in [0, 0.05) is 0 Å². The highest BCUT2D eigenvalue weighted by molar-refractivity contribution is 5.43. The van der Waals surface area contributed by atoms with Crippen molar-refractivity contribution in [3.63, 3.8) is 0 Å². The Morgan fingerprint density at radius 2 is 1.08 bits per heavy atom. The predicted molar refractivity (Wildman–Crippen MR) is 53.8 cm³/mol. The maximum atomic E-state index is 2.18. The van der Waals surface area contributed by atoms with Gasteiger partial charge in [0.2, 0.25) is 0 Å². The summed E-state index contributed by atoms with van der Waals surface area (Å²) >= 11 is 0. The highest BCUT2D eigenvalue weighted by Gasteiger charge is 2.08. The van der Waals surface area contributed by atoms with E-state index < -0.39 is 0 Å². The highest BCUT2D eigenvalue weighted by atomic mass is 14.1. The molecule has 0 saturated heterocycles. The van der Waals surface area contributed by atoms with Gasteiger partial charge in [0.15, 0.2) is 0 Å². The summed E-state index contributed by atoms with van der Waals surface area (Å²) in [7, 11) is 0. The van der Waals surface area contributed by atoms with Crippen LogP contribution in [0.2, 0.25) is 0 Å². The van der Waals surface area contributed by atoms with Crippen molar-refractivity contribution < 1.29 is 0 Å². The number of benzene rings is 1. The monoisotopic (exact) mass is 160 g/mol. The zero-order chi connectivity index (χ0) is 9.14. The van der Waals surface area contributed by atoms with Gasteiger partial charge in [-0.05, 0) is 23.0 Å². The van der Waals surface area contributed by atoms with E-state index in [2.05, 4.69) is 52.0 Å². The van der Waals surface area contributed by atoms with Crippen LogP contribution in [0, 0.1) is 11.8 Å². The molecule has 64 valence electrons. The minimum Gasteiger partial charge on any atom is -0.0620 e. The number of rotatable bonds is 2. The predicted octanol–water partition coefficient (Wildman–Crippen LogP) is 3.61. The molecule has 0 bridgehead atoms. The minimum absolute atomic E-state index is 1.37. The molecule has 0 unspecified atom stereocenters. The van der Waals surface area contributed by atoms with E-state index in [1.54, 1.807) is 0 Å². The average molecular weight is 160 g/mol. The fraction of sp³-hybridized carbons (Fsp3) is 0.333. The maximum absolute atomic E-state index is 2.18. The van der Waals surface area contributed by atoms with Gasteiger partial charge in [-0.1, -0.05) is 52.0 Å². The van der Waals surface area contributed by atoms with E-state index in [0.29, 0.717) is 0 Å². The summed E-state index contributed by atoms with van der Waals surface area (Å²) in [5, 5.41) is 0. The first-order valence-electron chi connectivity index (χ1n) is 4.33. The second-order valence-electron chi connectivity index (χ2n) is 3.55. The number of hydrogen-bond donors (Lipinski definition) is 0. The minimum atomic E-state index is 1.37. The molecule has 0 fully saturated rings. The van der Waals surface area contributed by atoms with Crippen LogP contribution in [0.15, 0.2) is 24.3 Å². The average Bonchev–Trinajstić information content (AvgIpc) is 2.04. The highest BCUT2D eigenvalue weighted by Crippen LogP contribution is 2.24. The SMILES string of the molecule is C[C](C)c1ccccc1[C](C)C. The molecule has 2 radical (unpaired) electrons. The molecule has 0 atom stereocenters. The van der Waals surface area contributed by atoms with Crippen LogP contribution in [-0.2, 0) is 0 Å². The van der Waals surface area contributed by atoms with Crippen LogP contribution in [0.3, 0.4) is 0 Å². The summed E-state index contributed by atoms with van der Waals surface area (Å²) in [6.07, 6.45) is 0. The topological polar surface area (TPSA) is 0 Å². The van der Waals surface area contributed by atoms with Gasteiger partial charge in [-0.2, -0.15) is 0 Å². The first-order chi connectivity index (χ1) is 5.63. The number of hydrogen-bond acceptors (Lipinski definition) is 0. The molecular weight excluding hydrogens is 144 g/mol. The lowest BCUT2D eigenvalue weighted by Gasteiger charge is -2.13. The Morgan fingerprint density at radius 3 is 1.33 bits per heavy atom. The van der Waals surface area contributed by atoms with Gasteiger partial charge in [0.25, 0.3) is 0 Å². The van der Waals surface area contributed by atoms with E-state index in [9.17, 15) is 0 Å². The van der Waals surface area contributed by atoms with Crippen molar-refractivity contribution in [2.75, 3.05) is 0 Å². The van der Waals surface area contributed by atoms with Gasteiger partial charge < -0.3 is 0 Å². The lowest BCUT2D eigenvalue weighted by atomic mass is 9.91. The molecule has 0 heterocycles. The standard InChI is InChI=1S/C12H16/c1-9(2)11-7-5-6-8-12(11)10(3)4/h5-8H,1-4H3. The molecule has 0 saturated carbocycles. The molecular formula is C12H16. The van der Waals surface area contributed by atoms with Crippen LogP contribution < -0.4 is 0 Å². The van der Waals surface area contributed by atoms with E-state index in [4.69, 9.17) is 0 Å². The molecule has 0 spiro atoms. The molecule has 0 heteroatoms.